The van der Waals surface area contributed by atoms with Crippen LogP contribution in [0.4, 0.5) is 0 Å². The lowest BCUT2D eigenvalue weighted by atomic mass is 10.2. The summed E-state index contributed by atoms with van der Waals surface area (Å²) in [4.78, 5) is 2.31. The number of nitrogens with zero attached hydrogens (tertiary/aromatic N) is 2. The maximum absolute atomic E-state index is 8.62. The van der Waals surface area contributed by atoms with Gasteiger partial charge in [-0.2, -0.15) is 5.26 Å². The predicted molar refractivity (Wildman–Crippen MR) is 55.3 cm³/mol. The van der Waals surface area contributed by atoms with E-state index >= 15 is 0 Å². The number of nitriles is 1. The van der Waals surface area contributed by atoms with Gasteiger partial charge >= 0.3 is 0 Å². The van der Waals surface area contributed by atoms with Gasteiger partial charge in [0.1, 0.15) is 0 Å². The summed E-state index contributed by atoms with van der Waals surface area (Å²) in [7, 11) is 0. The fourth-order valence-electron chi connectivity index (χ4n) is 1.09. The number of alkyl halides is 1. The van der Waals surface area contributed by atoms with Gasteiger partial charge in [0.15, 0.2) is 0 Å². The monoisotopic (exact) mass is 232 g/mol. The van der Waals surface area contributed by atoms with Crippen molar-refractivity contribution in [3.63, 3.8) is 0 Å². The maximum Gasteiger partial charge on any atom is 0.0666 e. The lowest BCUT2D eigenvalue weighted by Crippen LogP contribution is -2.29. The van der Waals surface area contributed by atoms with Crippen molar-refractivity contribution in [2.75, 3.05) is 25.0 Å². The van der Waals surface area contributed by atoms with Crippen LogP contribution >= 0.6 is 15.9 Å². The Morgan fingerprint density at radius 2 is 2.25 bits per heavy atom. The molecule has 0 aromatic heterocycles. The summed E-state index contributed by atoms with van der Waals surface area (Å²) in [5.41, 5.74) is 0. The smallest absolute Gasteiger partial charge is 0.0666 e. The third kappa shape index (κ3) is 5.56. The second-order valence-electron chi connectivity index (χ2n) is 2.97. The summed E-state index contributed by atoms with van der Waals surface area (Å²) in [5, 5.41) is 9.66. The van der Waals surface area contributed by atoms with E-state index in [1.165, 1.54) is 0 Å². The zero-order chi connectivity index (χ0) is 9.40. The molecular weight excluding hydrogens is 216 g/mol. The van der Waals surface area contributed by atoms with E-state index in [4.69, 9.17) is 5.26 Å². The minimum atomic E-state index is 0.153. The van der Waals surface area contributed by atoms with Crippen molar-refractivity contribution in [2.24, 2.45) is 5.92 Å². The lowest BCUT2D eigenvalue weighted by molar-refractivity contribution is 0.270. The quantitative estimate of drug-likeness (QED) is 0.658. The summed E-state index contributed by atoms with van der Waals surface area (Å²) in [6.07, 6.45) is 1.16. The summed E-state index contributed by atoms with van der Waals surface area (Å²) in [5.74, 6) is 0.153. The molecule has 0 aromatic carbocycles. The third-order valence-electron chi connectivity index (χ3n) is 1.81. The average molecular weight is 233 g/mol. The SMILES string of the molecule is CCN(CCCBr)CC(C)C#N. The molecule has 0 aliphatic heterocycles. The summed E-state index contributed by atoms with van der Waals surface area (Å²) in [6, 6.07) is 2.25. The van der Waals surface area contributed by atoms with Gasteiger partial charge in [0, 0.05) is 11.9 Å². The van der Waals surface area contributed by atoms with Crippen molar-refractivity contribution in [3.8, 4) is 6.07 Å². The van der Waals surface area contributed by atoms with Gasteiger partial charge in [-0.3, -0.25) is 0 Å². The van der Waals surface area contributed by atoms with Crippen molar-refractivity contribution >= 4 is 15.9 Å². The predicted octanol–water partition coefficient (Wildman–Crippen LogP) is 2.25. The molecule has 0 heterocycles. The minimum absolute atomic E-state index is 0.153. The highest BCUT2D eigenvalue weighted by Crippen LogP contribution is 2.00. The zero-order valence-corrected chi connectivity index (χ0v) is 9.47. The van der Waals surface area contributed by atoms with Crippen LogP contribution in [-0.2, 0) is 0 Å². The topological polar surface area (TPSA) is 27.0 Å². The van der Waals surface area contributed by atoms with Gasteiger partial charge in [0.25, 0.3) is 0 Å². The highest BCUT2D eigenvalue weighted by Gasteiger charge is 2.06. The fourth-order valence-corrected chi connectivity index (χ4v) is 1.34. The Hall–Kier alpha value is -0.0700. The molecule has 0 amide bonds. The normalized spacial score (nSPS) is 12.9. The first-order valence-electron chi connectivity index (χ1n) is 4.42. The van der Waals surface area contributed by atoms with E-state index in [0.717, 1.165) is 31.4 Å². The van der Waals surface area contributed by atoms with Crippen LogP contribution in [-0.4, -0.2) is 29.9 Å². The molecule has 12 heavy (non-hydrogen) atoms. The Labute approximate surface area is 83.7 Å². The van der Waals surface area contributed by atoms with E-state index in [9.17, 15) is 0 Å². The Morgan fingerprint density at radius 3 is 2.67 bits per heavy atom. The molecule has 0 rings (SSSR count). The van der Waals surface area contributed by atoms with E-state index < -0.39 is 0 Å². The van der Waals surface area contributed by atoms with Crippen molar-refractivity contribution in [2.45, 2.75) is 20.3 Å². The van der Waals surface area contributed by atoms with Gasteiger partial charge in [-0.15, -0.1) is 0 Å². The highest BCUT2D eigenvalue weighted by molar-refractivity contribution is 9.09. The van der Waals surface area contributed by atoms with Gasteiger partial charge in [0.2, 0.25) is 0 Å². The first-order valence-corrected chi connectivity index (χ1v) is 5.54. The van der Waals surface area contributed by atoms with E-state index in [1.807, 2.05) is 6.92 Å². The van der Waals surface area contributed by atoms with Gasteiger partial charge in [-0.05, 0) is 26.4 Å². The summed E-state index contributed by atoms with van der Waals surface area (Å²) < 4.78 is 0. The first-order chi connectivity index (χ1) is 5.74. The second-order valence-corrected chi connectivity index (χ2v) is 3.76. The van der Waals surface area contributed by atoms with Crippen LogP contribution in [0.25, 0.3) is 0 Å². The third-order valence-corrected chi connectivity index (χ3v) is 2.37. The molecule has 0 saturated carbocycles. The number of halogens is 1. The maximum atomic E-state index is 8.62. The number of hydrogen-bond donors (Lipinski definition) is 0. The van der Waals surface area contributed by atoms with Gasteiger partial charge in [-0.25, -0.2) is 0 Å². The van der Waals surface area contributed by atoms with Crippen LogP contribution in [0, 0.1) is 17.2 Å². The van der Waals surface area contributed by atoms with Gasteiger partial charge in [0.05, 0.1) is 12.0 Å². The molecule has 0 aliphatic carbocycles. The molecule has 70 valence electrons. The molecule has 0 aliphatic rings. The summed E-state index contributed by atoms with van der Waals surface area (Å²) in [6.45, 7) is 7.14. The molecule has 1 atom stereocenters. The molecular formula is C9H17BrN2. The van der Waals surface area contributed by atoms with E-state index in [2.05, 4.69) is 33.8 Å². The first kappa shape index (κ1) is 11.9. The highest BCUT2D eigenvalue weighted by atomic mass is 79.9. The van der Waals surface area contributed by atoms with Crippen molar-refractivity contribution in [1.29, 1.82) is 5.26 Å². The molecule has 0 radical (unpaired) electrons. The van der Waals surface area contributed by atoms with Gasteiger partial charge in [-0.1, -0.05) is 22.9 Å². The minimum Gasteiger partial charge on any atom is -0.302 e. The van der Waals surface area contributed by atoms with Crippen molar-refractivity contribution < 1.29 is 0 Å². The largest absolute Gasteiger partial charge is 0.302 e. The lowest BCUT2D eigenvalue weighted by Gasteiger charge is -2.20. The Bertz CT molecular complexity index is 142. The Balaban J connectivity index is 3.60. The van der Waals surface area contributed by atoms with Crippen LogP contribution in [0.1, 0.15) is 20.3 Å². The van der Waals surface area contributed by atoms with E-state index in [-0.39, 0.29) is 5.92 Å². The molecule has 2 nitrogen and oxygen atoms in total. The number of rotatable bonds is 6. The molecule has 0 N–H and O–H groups in total. The summed E-state index contributed by atoms with van der Waals surface area (Å²) >= 11 is 3.40. The van der Waals surface area contributed by atoms with Crippen LogP contribution in [0.5, 0.6) is 0 Å². The molecule has 1 unspecified atom stereocenters. The van der Waals surface area contributed by atoms with Crippen LogP contribution in [0.15, 0.2) is 0 Å². The van der Waals surface area contributed by atoms with Gasteiger partial charge < -0.3 is 4.90 Å². The molecule has 0 spiro atoms. The standard InChI is InChI=1S/C9H17BrN2/c1-3-12(6-4-5-10)8-9(2)7-11/h9H,3-6,8H2,1-2H3. The molecule has 0 bridgehead atoms. The zero-order valence-electron chi connectivity index (χ0n) is 7.89. The molecule has 0 aromatic rings. The molecule has 0 saturated heterocycles. The fraction of sp³-hybridized carbons (Fsp3) is 0.889. The van der Waals surface area contributed by atoms with E-state index in [1.54, 1.807) is 0 Å². The number of hydrogen-bond acceptors (Lipinski definition) is 2. The second kappa shape index (κ2) is 7.57. The van der Waals surface area contributed by atoms with Crippen LogP contribution < -0.4 is 0 Å². The average Bonchev–Trinajstić information content (AvgIpc) is 2.11. The van der Waals surface area contributed by atoms with Crippen molar-refractivity contribution in [1.82, 2.24) is 4.90 Å². The van der Waals surface area contributed by atoms with Crippen LogP contribution in [0.2, 0.25) is 0 Å². The Morgan fingerprint density at radius 1 is 1.58 bits per heavy atom. The molecule has 0 fully saturated rings. The molecule has 3 heteroatoms. The Kier molecular flexibility index (Phi) is 7.53. The van der Waals surface area contributed by atoms with E-state index in [0.29, 0.717) is 0 Å². The van der Waals surface area contributed by atoms with Crippen molar-refractivity contribution in [3.05, 3.63) is 0 Å². The van der Waals surface area contributed by atoms with Crippen LogP contribution in [0.3, 0.4) is 0 Å².